The third-order valence-corrected chi connectivity index (χ3v) is 3.88. The number of aromatic hydroxyl groups is 1. The third-order valence-electron chi connectivity index (χ3n) is 2.99. The maximum atomic E-state index is 11.7. The van der Waals surface area contributed by atoms with Gasteiger partial charge in [-0.25, -0.2) is 10.2 Å². The van der Waals surface area contributed by atoms with E-state index >= 15 is 0 Å². The minimum Gasteiger partial charge on any atom is -0.502 e. The molecule has 9 heteroatoms. The van der Waals surface area contributed by atoms with Gasteiger partial charge >= 0.3 is 11.7 Å². The van der Waals surface area contributed by atoms with Crippen molar-refractivity contribution in [1.82, 2.24) is 5.43 Å². The number of nitrogens with one attached hydrogen (secondary N) is 2. The van der Waals surface area contributed by atoms with Crippen LogP contribution in [0, 0.1) is 17.0 Å². The fourth-order valence-corrected chi connectivity index (χ4v) is 2.06. The smallest absolute Gasteiger partial charge is 0.339 e. The summed E-state index contributed by atoms with van der Waals surface area (Å²) in [5.74, 6) is -0.437. The molecule has 0 radical (unpaired) electrons. The van der Waals surface area contributed by atoms with Gasteiger partial charge < -0.3 is 10.4 Å². The molecule has 0 bridgehead atoms. The molecule has 2 rings (SSSR count). The summed E-state index contributed by atoms with van der Waals surface area (Å²) in [4.78, 5) is 21.8. The van der Waals surface area contributed by atoms with Gasteiger partial charge in [0.1, 0.15) is 0 Å². The van der Waals surface area contributed by atoms with Crippen molar-refractivity contribution in [2.45, 2.75) is 6.92 Å². The molecule has 3 N–H and O–H groups in total. The Bertz CT molecular complexity index is 823. The summed E-state index contributed by atoms with van der Waals surface area (Å²) in [6, 6.07) is 8.54. The summed E-state index contributed by atoms with van der Waals surface area (Å²) >= 11 is 3.37. The number of nitro groups is 1. The van der Waals surface area contributed by atoms with Crippen LogP contribution in [-0.4, -0.2) is 22.3 Å². The van der Waals surface area contributed by atoms with E-state index in [1.807, 2.05) is 13.0 Å². The van der Waals surface area contributed by atoms with Gasteiger partial charge in [0.25, 0.3) is 0 Å². The first-order valence-electron chi connectivity index (χ1n) is 6.70. The molecule has 2 amide bonds. The van der Waals surface area contributed by atoms with Crippen molar-refractivity contribution >= 4 is 39.6 Å². The number of hydrazone groups is 1. The van der Waals surface area contributed by atoms with E-state index in [1.54, 1.807) is 12.1 Å². The number of phenols is 1. The first kappa shape index (κ1) is 17.4. The van der Waals surface area contributed by atoms with E-state index < -0.39 is 22.4 Å². The molecule has 0 aliphatic rings. The highest BCUT2D eigenvalue weighted by Gasteiger charge is 2.12. The summed E-state index contributed by atoms with van der Waals surface area (Å²) < 4.78 is 0.931. The highest BCUT2D eigenvalue weighted by molar-refractivity contribution is 9.10. The molecule has 0 fully saturated rings. The normalized spacial score (nSPS) is 10.6. The van der Waals surface area contributed by atoms with Crippen molar-refractivity contribution < 1.29 is 14.8 Å². The number of hydrogen-bond acceptors (Lipinski definition) is 5. The Morgan fingerprint density at radius 3 is 2.75 bits per heavy atom. The first-order chi connectivity index (χ1) is 11.4. The maximum absolute atomic E-state index is 11.7. The van der Waals surface area contributed by atoms with Crippen LogP contribution >= 0.6 is 15.9 Å². The topological polar surface area (TPSA) is 117 Å². The fraction of sp³-hybridized carbons (Fsp3) is 0.0667. The summed E-state index contributed by atoms with van der Waals surface area (Å²) in [5.41, 5.74) is 3.74. The molecule has 8 nitrogen and oxygen atoms in total. The number of carbonyl (C=O) groups is 1. The average Bonchev–Trinajstić information content (AvgIpc) is 2.52. The van der Waals surface area contributed by atoms with Crippen LogP contribution in [0.1, 0.15) is 11.1 Å². The van der Waals surface area contributed by atoms with E-state index in [0.29, 0.717) is 11.3 Å². The number of carbonyl (C=O) groups excluding carboxylic acids is 1. The quantitative estimate of drug-likeness (QED) is 0.419. The van der Waals surface area contributed by atoms with Crippen LogP contribution < -0.4 is 10.7 Å². The van der Waals surface area contributed by atoms with Crippen molar-refractivity contribution in [3.63, 3.8) is 0 Å². The fourth-order valence-electron chi connectivity index (χ4n) is 1.81. The molecule has 2 aromatic carbocycles. The van der Waals surface area contributed by atoms with Crippen molar-refractivity contribution in [1.29, 1.82) is 0 Å². The second-order valence-electron chi connectivity index (χ2n) is 4.79. The molecular formula is C15H13BrN4O4. The van der Waals surface area contributed by atoms with Gasteiger partial charge in [0, 0.05) is 21.8 Å². The Morgan fingerprint density at radius 1 is 1.33 bits per heavy atom. The molecule has 124 valence electrons. The van der Waals surface area contributed by atoms with Crippen LogP contribution in [0.3, 0.4) is 0 Å². The van der Waals surface area contributed by atoms with Gasteiger partial charge in [0.15, 0.2) is 5.75 Å². The summed E-state index contributed by atoms with van der Waals surface area (Å²) in [5, 5.41) is 26.4. The predicted molar refractivity (Wildman–Crippen MR) is 93.4 cm³/mol. The van der Waals surface area contributed by atoms with Crippen molar-refractivity contribution in [3.8, 4) is 5.75 Å². The van der Waals surface area contributed by atoms with Gasteiger partial charge in [-0.05, 0) is 42.8 Å². The Morgan fingerprint density at radius 2 is 2.08 bits per heavy atom. The Labute approximate surface area is 145 Å². The highest BCUT2D eigenvalue weighted by Crippen LogP contribution is 2.25. The van der Waals surface area contributed by atoms with Gasteiger partial charge in [-0.15, -0.1) is 0 Å². The molecule has 0 aromatic heterocycles. The second kappa shape index (κ2) is 7.55. The summed E-state index contributed by atoms with van der Waals surface area (Å²) in [7, 11) is 0. The molecule has 0 saturated carbocycles. The molecular weight excluding hydrogens is 380 g/mol. The lowest BCUT2D eigenvalue weighted by molar-refractivity contribution is -0.385. The lowest BCUT2D eigenvalue weighted by atomic mass is 10.2. The Kier molecular flexibility index (Phi) is 5.48. The van der Waals surface area contributed by atoms with E-state index in [0.717, 1.165) is 16.1 Å². The number of rotatable bonds is 4. The zero-order valence-electron chi connectivity index (χ0n) is 12.5. The van der Waals surface area contributed by atoms with Gasteiger partial charge in [0.2, 0.25) is 0 Å². The minimum absolute atomic E-state index is 0.360. The molecule has 2 aromatic rings. The van der Waals surface area contributed by atoms with Crippen LogP contribution in [0.5, 0.6) is 5.75 Å². The van der Waals surface area contributed by atoms with Crippen LogP contribution in [-0.2, 0) is 0 Å². The molecule has 0 saturated heterocycles. The summed E-state index contributed by atoms with van der Waals surface area (Å²) in [6.07, 6.45) is 1.23. The standard InChI is InChI=1S/C15H13BrN4O4/c1-9-6-11(3-4-12(9)16)18-15(22)19-17-8-10-2-5-14(21)13(7-10)20(23)24/h2-8,21H,1H3,(H2,18,19,22)/b17-8+. The Hall–Kier alpha value is -2.94. The maximum Gasteiger partial charge on any atom is 0.339 e. The highest BCUT2D eigenvalue weighted by atomic mass is 79.9. The molecule has 0 atom stereocenters. The lowest BCUT2D eigenvalue weighted by Crippen LogP contribution is -2.24. The number of hydrogen-bond donors (Lipinski definition) is 3. The number of amides is 2. The minimum atomic E-state index is -0.706. The van der Waals surface area contributed by atoms with Crippen molar-refractivity contribution in [2.75, 3.05) is 5.32 Å². The van der Waals surface area contributed by atoms with Gasteiger partial charge in [0.05, 0.1) is 11.1 Å². The average molecular weight is 393 g/mol. The van der Waals surface area contributed by atoms with Gasteiger partial charge in [-0.1, -0.05) is 15.9 Å². The third kappa shape index (κ3) is 4.53. The molecule has 0 spiro atoms. The number of nitro benzene ring substituents is 1. The number of phenolic OH excluding ortho intramolecular Hbond substituents is 1. The monoisotopic (exact) mass is 392 g/mol. The van der Waals surface area contributed by atoms with Crippen LogP contribution in [0.2, 0.25) is 0 Å². The molecule has 0 aliphatic heterocycles. The van der Waals surface area contributed by atoms with E-state index in [1.165, 1.54) is 18.3 Å². The number of anilines is 1. The number of urea groups is 1. The first-order valence-corrected chi connectivity index (χ1v) is 7.50. The second-order valence-corrected chi connectivity index (χ2v) is 5.65. The molecule has 24 heavy (non-hydrogen) atoms. The number of aryl methyl sites for hydroxylation is 1. The van der Waals surface area contributed by atoms with Crippen molar-refractivity contribution in [3.05, 3.63) is 62.1 Å². The van der Waals surface area contributed by atoms with Gasteiger partial charge in [-0.3, -0.25) is 10.1 Å². The predicted octanol–water partition coefficient (Wildman–Crippen LogP) is 3.53. The van der Waals surface area contributed by atoms with E-state index in [-0.39, 0.29) is 0 Å². The number of halogens is 1. The van der Waals surface area contributed by atoms with Crippen LogP contribution in [0.15, 0.2) is 46.0 Å². The van der Waals surface area contributed by atoms with E-state index in [4.69, 9.17) is 0 Å². The SMILES string of the molecule is Cc1cc(NC(=O)N/N=C/c2ccc(O)c([N+](=O)[O-])c2)ccc1Br. The number of nitrogens with zero attached hydrogens (tertiary/aromatic N) is 2. The van der Waals surface area contributed by atoms with Crippen LogP contribution in [0.25, 0.3) is 0 Å². The lowest BCUT2D eigenvalue weighted by Gasteiger charge is -2.06. The zero-order valence-corrected chi connectivity index (χ0v) is 14.1. The van der Waals surface area contributed by atoms with E-state index in [9.17, 15) is 20.0 Å². The van der Waals surface area contributed by atoms with Crippen molar-refractivity contribution in [2.24, 2.45) is 5.10 Å². The largest absolute Gasteiger partial charge is 0.502 e. The van der Waals surface area contributed by atoms with Gasteiger partial charge in [-0.2, -0.15) is 5.10 Å². The molecule has 0 aliphatic carbocycles. The van der Waals surface area contributed by atoms with E-state index in [2.05, 4.69) is 31.8 Å². The molecule has 0 unspecified atom stereocenters. The Balaban J connectivity index is 1.98. The zero-order chi connectivity index (χ0) is 17.7. The number of benzene rings is 2. The molecule has 0 heterocycles. The van der Waals surface area contributed by atoms with Crippen LogP contribution in [0.4, 0.5) is 16.2 Å². The summed E-state index contributed by atoms with van der Waals surface area (Å²) in [6.45, 7) is 1.89.